The van der Waals surface area contributed by atoms with Gasteiger partial charge >= 0.3 is 6.03 Å². The Kier molecular flexibility index (Phi) is 5.34. The number of aryl methyl sites for hydroxylation is 1. The van der Waals surface area contributed by atoms with Crippen molar-refractivity contribution in [1.82, 2.24) is 15.1 Å². The molecule has 2 N–H and O–H groups in total. The molecule has 0 bridgehead atoms. The lowest BCUT2D eigenvalue weighted by Crippen LogP contribution is -2.33. The highest BCUT2D eigenvalue weighted by Crippen LogP contribution is 2.16. The largest absolute Gasteiger partial charge is 0.372 e. The highest BCUT2D eigenvalue weighted by Gasteiger charge is 2.13. The quantitative estimate of drug-likeness (QED) is 0.857. The number of aromatic nitrogens is 2. The smallest absolute Gasteiger partial charge is 0.320 e. The number of carbonyl (C=O) groups is 1. The highest BCUT2D eigenvalue weighted by atomic mass is 16.5. The standard InChI is InChI=1S/C15H20N4O2/c1-3-21-13(12-7-5-4-6-8-12)11-16-15(20)18-14-9-10-17-19(14)2/h4-10,13H,3,11H2,1-2H3,(H2,16,18,20)/t13-/m0/s1. The summed E-state index contributed by atoms with van der Waals surface area (Å²) in [6.45, 7) is 2.93. The summed E-state index contributed by atoms with van der Waals surface area (Å²) >= 11 is 0. The van der Waals surface area contributed by atoms with Crippen LogP contribution in [0.15, 0.2) is 42.6 Å². The van der Waals surface area contributed by atoms with Gasteiger partial charge in [0, 0.05) is 26.3 Å². The molecule has 6 nitrogen and oxygen atoms in total. The molecule has 21 heavy (non-hydrogen) atoms. The molecule has 1 aromatic heterocycles. The fourth-order valence-electron chi connectivity index (χ4n) is 1.98. The zero-order chi connectivity index (χ0) is 15.1. The Balaban J connectivity index is 1.90. The fourth-order valence-corrected chi connectivity index (χ4v) is 1.98. The Morgan fingerprint density at radius 3 is 2.71 bits per heavy atom. The van der Waals surface area contributed by atoms with Gasteiger partial charge in [-0.05, 0) is 12.5 Å². The van der Waals surface area contributed by atoms with Gasteiger partial charge in [0.15, 0.2) is 0 Å². The van der Waals surface area contributed by atoms with Gasteiger partial charge in [-0.25, -0.2) is 4.79 Å². The van der Waals surface area contributed by atoms with E-state index in [1.54, 1.807) is 24.0 Å². The third kappa shape index (κ3) is 4.32. The summed E-state index contributed by atoms with van der Waals surface area (Å²) in [5, 5.41) is 9.54. The van der Waals surface area contributed by atoms with E-state index in [9.17, 15) is 4.79 Å². The lowest BCUT2D eigenvalue weighted by atomic mass is 10.1. The van der Waals surface area contributed by atoms with Crippen LogP contribution in [0.5, 0.6) is 0 Å². The molecule has 0 aliphatic heterocycles. The summed E-state index contributed by atoms with van der Waals surface area (Å²) in [5.74, 6) is 0.639. The number of benzene rings is 1. The Morgan fingerprint density at radius 2 is 2.10 bits per heavy atom. The second-order valence-electron chi connectivity index (χ2n) is 4.53. The van der Waals surface area contributed by atoms with Crippen molar-refractivity contribution in [1.29, 1.82) is 0 Å². The number of ether oxygens (including phenoxy) is 1. The Bertz CT molecular complexity index is 568. The van der Waals surface area contributed by atoms with Crippen LogP contribution in [0.1, 0.15) is 18.6 Å². The number of hydrogen-bond acceptors (Lipinski definition) is 3. The summed E-state index contributed by atoms with van der Waals surface area (Å²) in [6.07, 6.45) is 1.47. The maximum absolute atomic E-state index is 11.9. The van der Waals surface area contributed by atoms with Gasteiger partial charge in [-0.3, -0.25) is 10.00 Å². The molecule has 2 rings (SSSR count). The Labute approximate surface area is 124 Å². The van der Waals surface area contributed by atoms with E-state index in [1.165, 1.54) is 0 Å². The average molecular weight is 288 g/mol. The maximum Gasteiger partial charge on any atom is 0.320 e. The van der Waals surface area contributed by atoms with Crippen LogP contribution in [-0.4, -0.2) is 29.0 Å². The van der Waals surface area contributed by atoms with Crippen molar-refractivity contribution in [3.8, 4) is 0 Å². The van der Waals surface area contributed by atoms with Gasteiger partial charge in [-0.1, -0.05) is 30.3 Å². The van der Waals surface area contributed by atoms with Crippen LogP contribution in [0.25, 0.3) is 0 Å². The highest BCUT2D eigenvalue weighted by molar-refractivity contribution is 5.88. The predicted molar refractivity (Wildman–Crippen MR) is 81.0 cm³/mol. The van der Waals surface area contributed by atoms with Gasteiger partial charge in [0.25, 0.3) is 0 Å². The maximum atomic E-state index is 11.9. The molecular formula is C15H20N4O2. The van der Waals surface area contributed by atoms with E-state index >= 15 is 0 Å². The lowest BCUT2D eigenvalue weighted by Gasteiger charge is -2.18. The van der Waals surface area contributed by atoms with Crippen molar-refractivity contribution in [2.45, 2.75) is 13.0 Å². The minimum Gasteiger partial charge on any atom is -0.372 e. The monoisotopic (exact) mass is 288 g/mol. The van der Waals surface area contributed by atoms with Crippen molar-refractivity contribution in [2.75, 3.05) is 18.5 Å². The number of anilines is 1. The fraction of sp³-hybridized carbons (Fsp3) is 0.333. The van der Waals surface area contributed by atoms with Crippen LogP contribution in [-0.2, 0) is 11.8 Å². The molecule has 112 valence electrons. The minimum atomic E-state index is -0.278. The molecule has 0 aliphatic carbocycles. The van der Waals surface area contributed by atoms with Crippen LogP contribution in [0, 0.1) is 0 Å². The number of nitrogens with one attached hydrogen (secondary N) is 2. The van der Waals surface area contributed by atoms with Gasteiger partial charge in [-0.15, -0.1) is 0 Å². The van der Waals surface area contributed by atoms with E-state index in [1.807, 2.05) is 37.3 Å². The molecule has 0 spiro atoms. The number of urea groups is 1. The van der Waals surface area contributed by atoms with E-state index < -0.39 is 0 Å². The number of carbonyl (C=O) groups excluding carboxylic acids is 1. The van der Waals surface area contributed by atoms with Crippen molar-refractivity contribution in [2.24, 2.45) is 7.05 Å². The zero-order valence-corrected chi connectivity index (χ0v) is 12.2. The van der Waals surface area contributed by atoms with E-state index in [4.69, 9.17) is 4.74 Å². The predicted octanol–water partition coefficient (Wildman–Crippen LogP) is 2.32. The normalized spacial score (nSPS) is 11.9. The Hall–Kier alpha value is -2.34. The first-order valence-electron chi connectivity index (χ1n) is 6.90. The van der Waals surface area contributed by atoms with Crippen molar-refractivity contribution in [3.63, 3.8) is 0 Å². The number of rotatable bonds is 6. The van der Waals surface area contributed by atoms with E-state index in [0.29, 0.717) is 19.0 Å². The minimum absolute atomic E-state index is 0.159. The van der Waals surface area contributed by atoms with Crippen molar-refractivity contribution in [3.05, 3.63) is 48.2 Å². The van der Waals surface area contributed by atoms with Gasteiger partial charge in [0.2, 0.25) is 0 Å². The molecule has 0 aliphatic rings. The SMILES string of the molecule is CCO[C@@H](CNC(=O)Nc1ccnn1C)c1ccccc1. The van der Waals surface area contributed by atoms with Crippen LogP contribution in [0.2, 0.25) is 0 Å². The number of amides is 2. The first-order chi connectivity index (χ1) is 10.2. The van der Waals surface area contributed by atoms with Gasteiger partial charge in [-0.2, -0.15) is 5.10 Å². The topological polar surface area (TPSA) is 68.2 Å². The second kappa shape index (κ2) is 7.44. The summed E-state index contributed by atoms with van der Waals surface area (Å²) < 4.78 is 7.27. The first-order valence-corrected chi connectivity index (χ1v) is 6.90. The second-order valence-corrected chi connectivity index (χ2v) is 4.53. The lowest BCUT2D eigenvalue weighted by molar-refractivity contribution is 0.0643. The molecule has 2 aromatic rings. The van der Waals surface area contributed by atoms with Gasteiger partial charge < -0.3 is 10.1 Å². The number of hydrogen-bond donors (Lipinski definition) is 2. The van der Waals surface area contributed by atoms with Crippen LogP contribution in [0.4, 0.5) is 10.6 Å². The first kappa shape index (κ1) is 15.1. The molecule has 6 heteroatoms. The molecule has 1 atom stereocenters. The van der Waals surface area contributed by atoms with E-state index in [-0.39, 0.29) is 12.1 Å². The summed E-state index contributed by atoms with van der Waals surface area (Å²) in [7, 11) is 1.77. The van der Waals surface area contributed by atoms with Crippen molar-refractivity contribution >= 4 is 11.8 Å². The molecule has 0 saturated carbocycles. The molecule has 2 amide bonds. The van der Waals surface area contributed by atoms with Crippen LogP contribution in [0.3, 0.4) is 0 Å². The third-order valence-electron chi connectivity index (χ3n) is 3.05. The van der Waals surface area contributed by atoms with Gasteiger partial charge in [0.1, 0.15) is 5.82 Å². The van der Waals surface area contributed by atoms with E-state index in [2.05, 4.69) is 15.7 Å². The molecule has 0 saturated heterocycles. The summed E-state index contributed by atoms with van der Waals surface area (Å²) in [5.41, 5.74) is 1.04. The molecule has 0 radical (unpaired) electrons. The summed E-state index contributed by atoms with van der Waals surface area (Å²) in [4.78, 5) is 11.9. The number of nitrogens with zero attached hydrogens (tertiary/aromatic N) is 2. The molecule has 1 aromatic carbocycles. The average Bonchev–Trinajstić information content (AvgIpc) is 2.89. The van der Waals surface area contributed by atoms with Crippen LogP contribution >= 0.6 is 0 Å². The third-order valence-corrected chi connectivity index (χ3v) is 3.05. The zero-order valence-electron chi connectivity index (χ0n) is 12.2. The van der Waals surface area contributed by atoms with E-state index in [0.717, 1.165) is 5.56 Å². The molecule has 0 unspecified atom stereocenters. The van der Waals surface area contributed by atoms with Crippen molar-refractivity contribution < 1.29 is 9.53 Å². The summed E-state index contributed by atoms with van der Waals surface area (Å²) in [6, 6.07) is 11.3. The van der Waals surface area contributed by atoms with Gasteiger partial charge in [0.05, 0.1) is 12.3 Å². The Morgan fingerprint density at radius 1 is 1.33 bits per heavy atom. The molecular weight excluding hydrogens is 268 g/mol. The molecule has 1 heterocycles. The molecule has 0 fully saturated rings. The van der Waals surface area contributed by atoms with Crippen LogP contribution < -0.4 is 10.6 Å².